The van der Waals surface area contributed by atoms with Crippen molar-refractivity contribution in [3.05, 3.63) is 35.1 Å². The lowest BCUT2D eigenvalue weighted by molar-refractivity contribution is -0.140. The third-order valence-electron chi connectivity index (χ3n) is 6.44. The summed E-state index contributed by atoms with van der Waals surface area (Å²) in [7, 11) is 0. The van der Waals surface area contributed by atoms with Crippen LogP contribution in [0.2, 0.25) is 0 Å². The Bertz CT molecular complexity index is 967. The molecule has 0 saturated carbocycles. The number of hydrogen-bond acceptors (Lipinski definition) is 7. The molecule has 0 unspecified atom stereocenters. The molecule has 10 nitrogen and oxygen atoms in total. The molecule has 2 aliphatic rings. The van der Waals surface area contributed by atoms with Gasteiger partial charge in [-0.05, 0) is 55.6 Å². The largest absolute Gasteiger partial charge is 0.481 e. The van der Waals surface area contributed by atoms with Gasteiger partial charge in [0, 0.05) is 38.2 Å². The molecule has 0 atom stereocenters. The normalized spacial score (nSPS) is 17.4. The number of amides is 1. The number of pyridine rings is 1. The minimum Gasteiger partial charge on any atom is -0.481 e. The summed E-state index contributed by atoms with van der Waals surface area (Å²) in [6, 6.07) is 4.22. The fourth-order valence-corrected chi connectivity index (χ4v) is 4.63. The molecule has 1 fully saturated rings. The number of carboxylic acid groups (broad SMARTS) is 2. The Hall–Kier alpha value is -3.17. The van der Waals surface area contributed by atoms with E-state index in [1.165, 1.54) is 10.5 Å². The van der Waals surface area contributed by atoms with E-state index in [4.69, 9.17) is 14.6 Å². The molecular weight excluding hydrogens is 414 g/mol. The van der Waals surface area contributed by atoms with E-state index in [0.717, 1.165) is 43.7 Å². The highest BCUT2D eigenvalue weighted by Crippen LogP contribution is 2.38. The predicted octanol–water partition coefficient (Wildman–Crippen LogP) is 2.78. The molecule has 2 aromatic rings. The highest BCUT2D eigenvalue weighted by Gasteiger charge is 2.39. The number of fused-ring (bicyclic) bond motifs is 1. The highest BCUT2D eigenvalue weighted by molar-refractivity contribution is 5.68. The SMILES string of the molecule is O=C(O)CC1(Cc2nc(CCCc3ccc4c(n3)NCCC4)no2)CCN(C(=O)O)CC1. The second-order valence-electron chi connectivity index (χ2n) is 8.82. The first kappa shape index (κ1) is 22.0. The molecule has 4 heterocycles. The molecule has 0 aliphatic carbocycles. The van der Waals surface area contributed by atoms with Gasteiger partial charge in [-0.1, -0.05) is 11.2 Å². The fourth-order valence-electron chi connectivity index (χ4n) is 4.63. The molecule has 3 N–H and O–H groups in total. The van der Waals surface area contributed by atoms with Gasteiger partial charge >= 0.3 is 12.1 Å². The predicted molar refractivity (Wildman–Crippen MR) is 115 cm³/mol. The van der Waals surface area contributed by atoms with E-state index in [1.54, 1.807) is 0 Å². The van der Waals surface area contributed by atoms with Crippen LogP contribution in [0.15, 0.2) is 16.7 Å². The summed E-state index contributed by atoms with van der Waals surface area (Å²) in [4.78, 5) is 33.1. The highest BCUT2D eigenvalue weighted by atomic mass is 16.5. The Labute approximate surface area is 186 Å². The van der Waals surface area contributed by atoms with E-state index in [9.17, 15) is 14.7 Å². The number of aliphatic carboxylic acids is 1. The van der Waals surface area contributed by atoms with Crippen molar-refractivity contribution in [3.63, 3.8) is 0 Å². The average Bonchev–Trinajstić information content (AvgIpc) is 3.20. The van der Waals surface area contributed by atoms with Crippen LogP contribution in [-0.4, -0.2) is 61.9 Å². The van der Waals surface area contributed by atoms with Crippen LogP contribution in [0.4, 0.5) is 10.6 Å². The van der Waals surface area contributed by atoms with Gasteiger partial charge in [0.25, 0.3) is 0 Å². The van der Waals surface area contributed by atoms with Gasteiger partial charge in [0.05, 0.1) is 6.42 Å². The molecule has 0 aromatic carbocycles. The zero-order chi connectivity index (χ0) is 22.6. The third-order valence-corrected chi connectivity index (χ3v) is 6.44. The molecule has 0 radical (unpaired) electrons. The van der Waals surface area contributed by atoms with Crippen LogP contribution in [0.3, 0.4) is 0 Å². The Morgan fingerprint density at radius 2 is 1.97 bits per heavy atom. The quantitative estimate of drug-likeness (QED) is 0.561. The molecule has 4 rings (SSSR count). The maximum Gasteiger partial charge on any atom is 0.407 e. The van der Waals surface area contributed by atoms with Crippen LogP contribution in [0.5, 0.6) is 0 Å². The number of aromatic nitrogens is 3. The first-order valence-corrected chi connectivity index (χ1v) is 11.2. The smallest absolute Gasteiger partial charge is 0.407 e. The number of hydrogen-bond donors (Lipinski definition) is 3. The number of carbonyl (C=O) groups is 2. The third kappa shape index (κ3) is 5.35. The number of anilines is 1. The first-order valence-electron chi connectivity index (χ1n) is 11.2. The maximum atomic E-state index is 11.4. The minimum atomic E-state index is -0.974. The van der Waals surface area contributed by atoms with Gasteiger partial charge in [0.2, 0.25) is 5.89 Å². The van der Waals surface area contributed by atoms with Crippen molar-refractivity contribution in [2.45, 2.75) is 57.8 Å². The molecule has 2 aromatic heterocycles. The first-order chi connectivity index (χ1) is 15.4. The van der Waals surface area contributed by atoms with E-state index in [-0.39, 0.29) is 6.42 Å². The van der Waals surface area contributed by atoms with Crippen LogP contribution in [-0.2, 0) is 30.5 Å². The van der Waals surface area contributed by atoms with Crippen LogP contribution in [0, 0.1) is 5.41 Å². The summed E-state index contributed by atoms with van der Waals surface area (Å²) in [6.45, 7) is 1.59. The summed E-state index contributed by atoms with van der Waals surface area (Å²) < 4.78 is 5.42. The Morgan fingerprint density at radius 3 is 2.72 bits per heavy atom. The van der Waals surface area contributed by atoms with Crippen molar-refractivity contribution in [2.75, 3.05) is 25.0 Å². The van der Waals surface area contributed by atoms with Gasteiger partial charge in [-0.2, -0.15) is 4.98 Å². The molecule has 1 amide bonds. The van der Waals surface area contributed by atoms with Crippen molar-refractivity contribution in [1.82, 2.24) is 20.0 Å². The molecular formula is C22H29N5O5. The Kier molecular flexibility index (Phi) is 6.57. The van der Waals surface area contributed by atoms with Crippen molar-refractivity contribution in [3.8, 4) is 0 Å². The number of piperidine rings is 1. The summed E-state index contributed by atoms with van der Waals surface area (Å²) in [5.41, 5.74) is 1.74. The average molecular weight is 444 g/mol. The number of likely N-dealkylation sites (tertiary alicyclic amines) is 1. The number of nitrogens with zero attached hydrogens (tertiary/aromatic N) is 4. The van der Waals surface area contributed by atoms with Crippen LogP contribution >= 0.6 is 0 Å². The minimum absolute atomic E-state index is 0.0454. The van der Waals surface area contributed by atoms with E-state index in [2.05, 4.69) is 27.6 Å². The van der Waals surface area contributed by atoms with Gasteiger partial charge < -0.3 is 25.0 Å². The van der Waals surface area contributed by atoms with Crippen LogP contribution in [0.25, 0.3) is 0 Å². The van der Waals surface area contributed by atoms with Gasteiger partial charge in [0.1, 0.15) is 5.82 Å². The second-order valence-corrected chi connectivity index (χ2v) is 8.82. The summed E-state index contributed by atoms with van der Waals surface area (Å²) in [5, 5.41) is 26.0. The summed E-state index contributed by atoms with van der Waals surface area (Å²) in [5.74, 6) is 1.11. The standard InChI is InChI=1S/C22H29N5O5/c28-19(29)14-22(8-11-27(12-9-22)21(30)31)13-18-25-17(26-32-18)5-1-4-16-7-6-15-3-2-10-23-20(15)24-16/h6-7H,1-5,8-14H2,(H,23,24)(H,28,29)(H,30,31). The van der Waals surface area contributed by atoms with Crippen LogP contribution < -0.4 is 5.32 Å². The fraction of sp³-hybridized carbons (Fsp3) is 0.591. The lowest BCUT2D eigenvalue weighted by Crippen LogP contribution is -2.44. The van der Waals surface area contributed by atoms with Crippen LogP contribution in [0.1, 0.15) is 55.1 Å². The number of aryl methyl sites for hydroxylation is 3. The monoisotopic (exact) mass is 443 g/mol. The van der Waals surface area contributed by atoms with E-state index in [0.29, 0.717) is 50.5 Å². The Balaban J connectivity index is 1.32. The van der Waals surface area contributed by atoms with Crippen molar-refractivity contribution >= 4 is 17.9 Å². The lowest BCUT2D eigenvalue weighted by atomic mass is 9.73. The zero-order valence-corrected chi connectivity index (χ0v) is 18.0. The van der Waals surface area contributed by atoms with Gasteiger partial charge in [-0.15, -0.1) is 0 Å². The number of rotatable bonds is 8. The molecule has 0 bridgehead atoms. The lowest BCUT2D eigenvalue weighted by Gasteiger charge is -2.39. The maximum absolute atomic E-state index is 11.4. The summed E-state index contributed by atoms with van der Waals surface area (Å²) >= 11 is 0. The molecule has 10 heteroatoms. The van der Waals surface area contributed by atoms with E-state index >= 15 is 0 Å². The second kappa shape index (κ2) is 9.54. The Morgan fingerprint density at radius 1 is 1.16 bits per heavy atom. The molecule has 172 valence electrons. The van der Waals surface area contributed by atoms with Crippen molar-refractivity contribution in [1.29, 1.82) is 0 Å². The molecule has 32 heavy (non-hydrogen) atoms. The number of carboxylic acids is 1. The van der Waals surface area contributed by atoms with E-state index < -0.39 is 17.5 Å². The topological polar surface area (TPSA) is 142 Å². The van der Waals surface area contributed by atoms with Crippen molar-refractivity contribution < 1.29 is 24.3 Å². The van der Waals surface area contributed by atoms with Gasteiger partial charge in [-0.25, -0.2) is 9.78 Å². The number of nitrogens with one attached hydrogen (secondary N) is 1. The zero-order valence-electron chi connectivity index (χ0n) is 18.0. The van der Waals surface area contributed by atoms with Gasteiger partial charge in [-0.3, -0.25) is 4.79 Å². The van der Waals surface area contributed by atoms with Gasteiger partial charge in [0.15, 0.2) is 5.82 Å². The van der Waals surface area contributed by atoms with Crippen molar-refractivity contribution in [2.24, 2.45) is 5.41 Å². The van der Waals surface area contributed by atoms with E-state index in [1.807, 2.05) is 0 Å². The summed E-state index contributed by atoms with van der Waals surface area (Å²) in [6.07, 6.45) is 4.74. The molecule has 0 spiro atoms. The molecule has 2 aliphatic heterocycles. The molecule has 1 saturated heterocycles.